The summed E-state index contributed by atoms with van der Waals surface area (Å²) in [4.78, 5) is 17.5. The van der Waals surface area contributed by atoms with E-state index in [4.69, 9.17) is 0 Å². The standard InChI is InChI=1S/C9H13N3OS/c13-9(11-8-10-4-7-14-8)12-5-2-1-3-6-12/h4,7H,1-3,5-6H2,(H,10,11,13). The van der Waals surface area contributed by atoms with Gasteiger partial charge in [0.2, 0.25) is 0 Å². The van der Waals surface area contributed by atoms with Gasteiger partial charge in [0.15, 0.2) is 5.13 Å². The predicted molar refractivity (Wildman–Crippen MR) is 56.6 cm³/mol. The lowest BCUT2D eigenvalue weighted by Crippen LogP contribution is -2.38. The Bertz CT molecular complexity index is 293. The second-order valence-corrected chi connectivity index (χ2v) is 4.21. The Morgan fingerprint density at radius 1 is 1.43 bits per heavy atom. The molecule has 1 aliphatic rings. The maximum Gasteiger partial charge on any atom is 0.323 e. The Balaban J connectivity index is 1.88. The molecule has 0 aliphatic carbocycles. The zero-order valence-corrected chi connectivity index (χ0v) is 8.72. The van der Waals surface area contributed by atoms with Crippen LogP contribution >= 0.6 is 11.3 Å². The number of amides is 2. The van der Waals surface area contributed by atoms with E-state index >= 15 is 0 Å². The number of hydrogen-bond acceptors (Lipinski definition) is 3. The molecule has 1 aromatic rings. The fourth-order valence-electron chi connectivity index (χ4n) is 1.55. The van der Waals surface area contributed by atoms with Gasteiger partial charge in [-0.1, -0.05) is 0 Å². The van der Waals surface area contributed by atoms with Crippen molar-refractivity contribution in [3.63, 3.8) is 0 Å². The monoisotopic (exact) mass is 211 g/mol. The summed E-state index contributed by atoms with van der Waals surface area (Å²) in [6, 6.07) is -0.0142. The molecule has 1 N–H and O–H groups in total. The van der Waals surface area contributed by atoms with Crippen LogP contribution in [0.3, 0.4) is 0 Å². The zero-order chi connectivity index (χ0) is 9.80. The fraction of sp³-hybridized carbons (Fsp3) is 0.556. The van der Waals surface area contributed by atoms with Crippen LogP contribution in [-0.4, -0.2) is 29.0 Å². The maximum absolute atomic E-state index is 11.6. The lowest BCUT2D eigenvalue weighted by Gasteiger charge is -2.26. The summed E-state index contributed by atoms with van der Waals surface area (Å²) >= 11 is 1.45. The van der Waals surface area contributed by atoms with Crippen molar-refractivity contribution < 1.29 is 4.79 Å². The van der Waals surface area contributed by atoms with E-state index in [1.807, 2.05) is 10.3 Å². The second kappa shape index (κ2) is 4.41. The number of urea groups is 1. The van der Waals surface area contributed by atoms with Crippen molar-refractivity contribution in [2.45, 2.75) is 19.3 Å². The highest BCUT2D eigenvalue weighted by Gasteiger charge is 2.16. The molecule has 4 nitrogen and oxygen atoms in total. The number of piperidine rings is 1. The number of carbonyl (C=O) groups is 1. The van der Waals surface area contributed by atoms with Crippen molar-refractivity contribution in [3.8, 4) is 0 Å². The number of carbonyl (C=O) groups excluding carboxylic acids is 1. The molecule has 2 rings (SSSR count). The number of aromatic nitrogens is 1. The van der Waals surface area contributed by atoms with Crippen LogP contribution in [0.1, 0.15) is 19.3 Å². The quantitative estimate of drug-likeness (QED) is 0.773. The number of nitrogens with zero attached hydrogens (tertiary/aromatic N) is 2. The number of anilines is 1. The van der Waals surface area contributed by atoms with Crippen molar-refractivity contribution in [1.29, 1.82) is 0 Å². The van der Waals surface area contributed by atoms with Gasteiger partial charge in [-0.2, -0.15) is 0 Å². The highest BCUT2D eigenvalue weighted by molar-refractivity contribution is 7.13. The lowest BCUT2D eigenvalue weighted by molar-refractivity contribution is 0.200. The van der Waals surface area contributed by atoms with Gasteiger partial charge in [-0.25, -0.2) is 9.78 Å². The molecule has 1 aliphatic heterocycles. The number of likely N-dealkylation sites (tertiary alicyclic amines) is 1. The molecule has 0 unspecified atom stereocenters. The highest BCUT2D eigenvalue weighted by atomic mass is 32.1. The van der Waals surface area contributed by atoms with Gasteiger partial charge >= 0.3 is 6.03 Å². The lowest BCUT2D eigenvalue weighted by atomic mass is 10.1. The number of thiazole rings is 1. The van der Waals surface area contributed by atoms with Crippen LogP contribution in [0, 0.1) is 0 Å². The Kier molecular flexibility index (Phi) is 2.98. The van der Waals surface area contributed by atoms with Crippen LogP contribution in [-0.2, 0) is 0 Å². The minimum atomic E-state index is -0.0142. The highest BCUT2D eigenvalue weighted by Crippen LogP contribution is 2.13. The van der Waals surface area contributed by atoms with Gasteiger partial charge in [0.25, 0.3) is 0 Å². The van der Waals surface area contributed by atoms with Crippen LogP contribution in [0.2, 0.25) is 0 Å². The van der Waals surface area contributed by atoms with Gasteiger partial charge in [-0.15, -0.1) is 11.3 Å². The van der Waals surface area contributed by atoms with Crippen LogP contribution in [0.15, 0.2) is 11.6 Å². The molecule has 5 heteroatoms. The van der Waals surface area contributed by atoms with Gasteiger partial charge in [-0.05, 0) is 19.3 Å². The first-order chi connectivity index (χ1) is 6.86. The molecule has 0 saturated carbocycles. The maximum atomic E-state index is 11.6. The molecule has 1 aromatic heterocycles. The molecular weight excluding hydrogens is 198 g/mol. The summed E-state index contributed by atoms with van der Waals surface area (Å²) in [7, 11) is 0. The van der Waals surface area contributed by atoms with Crippen LogP contribution in [0.4, 0.5) is 9.93 Å². The van der Waals surface area contributed by atoms with Crippen molar-refractivity contribution in [2.24, 2.45) is 0 Å². The Morgan fingerprint density at radius 2 is 2.21 bits per heavy atom. The fourth-order valence-corrected chi connectivity index (χ4v) is 2.07. The predicted octanol–water partition coefficient (Wildman–Crippen LogP) is 2.16. The first kappa shape index (κ1) is 9.45. The van der Waals surface area contributed by atoms with E-state index in [-0.39, 0.29) is 6.03 Å². The molecule has 0 aromatic carbocycles. The molecule has 0 atom stereocenters. The number of hydrogen-bond donors (Lipinski definition) is 1. The Morgan fingerprint density at radius 3 is 2.86 bits per heavy atom. The summed E-state index contributed by atoms with van der Waals surface area (Å²) in [6.07, 6.45) is 5.16. The topological polar surface area (TPSA) is 45.2 Å². The van der Waals surface area contributed by atoms with E-state index in [0.717, 1.165) is 25.9 Å². The Labute approximate surface area is 86.9 Å². The van der Waals surface area contributed by atoms with E-state index in [2.05, 4.69) is 10.3 Å². The van der Waals surface area contributed by atoms with E-state index in [0.29, 0.717) is 5.13 Å². The van der Waals surface area contributed by atoms with Gasteiger partial charge in [0, 0.05) is 24.7 Å². The van der Waals surface area contributed by atoms with Crippen molar-refractivity contribution in [2.75, 3.05) is 18.4 Å². The molecule has 0 bridgehead atoms. The van der Waals surface area contributed by atoms with Crippen LogP contribution in [0.25, 0.3) is 0 Å². The molecule has 0 radical (unpaired) electrons. The van der Waals surface area contributed by atoms with Gasteiger partial charge < -0.3 is 4.90 Å². The van der Waals surface area contributed by atoms with Gasteiger partial charge in [-0.3, -0.25) is 5.32 Å². The number of rotatable bonds is 1. The van der Waals surface area contributed by atoms with Crippen LogP contribution in [0.5, 0.6) is 0 Å². The molecule has 2 amide bonds. The third-order valence-electron chi connectivity index (χ3n) is 2.29. The molecule has 1 fully saturated rings. The molecule has 0 spiro atoms. The minimum absolute atomic E-state index is 0.0142. The normalized spacial score (nSPS) is 16.7. The number of nitrogens with one attached hydrogen (secondary N) is 1. The van der Waals surface area contributed by atoms with E-state index in [9.17, 15) is 4.79 Å². The third kappa shape index (κ3) is 2.23. The average Bonchev–Trinajstić information content (AvgIpc) is 2.72. The largest absolute Gasteiger partial charge is 0.324 e. The Hall–Kier alpha value is -1.10. The summed E-state index contributed by atoms with van der Waals surface area (Å²) in [5, 5.41) is 5.32. The summed E-state index contributed by atoms with van der Waals surface area (Å²) in [5.41, 5.74) is 0. The summed E-state index contributed by atoms with van der Waals surface area (Å²) < 4.78 is 0. The molecule has 76 valence electrons. The first-order valence-electron chi connectivity index (χ1n) is 4.82. The van der Waals surface area contributed by atoms with Crippen molar-refractivity contribution >= 4 is 22.5 Å². The minimum Gasteiger partial charge on any atom is -0.324 e. The average molecular weight is 211 g/mol. The zero-order valence-electron chi connectivity index (χ0n) is 7.90. The first-order valence-corrected chi connectivity index (χ1v) is 5.69. The van der Waals surface area contributed by atoms with Crippen LogP contribution < -0.4 is 5.32 Å². The van der Waals surface area contributed by atoms with Crippen molar-refractivity contribution in [1.82, 2.24) is 9.88 Å². The van der Waals surface area contributed by atoms with Crippen molar-refractivity contribution in [3.05, 3.63) is 11.6 Å². The van der Waals surface area contributed by atoms with Gasteiger partial charge in [0.1, 0.15) is 0 Å². The summed E-state index contributed by atoms with van der Waals surface area (Å²) in [6.45, 7) is 1.74. The second-order valence-electron chi connectivity index (χ2n) is 3.32. The van der Waals surface area contributed by atoms with E-state index in [1.54, 1.807) is 6.20 Å². The van der Waals surface area contributed by atoms with E-state index < -0.39 is 0 Å². The molecule has 2 heterocycles. The molecular formula is C9H13N3OS. The van der Waals surface area contributed by atoms with E-state index in [1.165, 1.54) is 17.8 Å². The third-order valence-corrected chi connectivity index (χ3v) is 2.98. The smallest absolute Gasteiger partial charge is 0.323 e. The SMILES string of the molecule is O=C(Nc1nccs1)N1CCCCC1. The van der Waals surface area contributed by atoms with Gasteiger partial charge in [0.05, 0.1) is 0 Å². The molecule has 1 saturated heterocycles. The summed E-state index contributed by atoms with van der Waals surface area (Å²) in [5.74, 6) is 0. The molecule has 14 heavy (non-hydrogen) atoms.